The first-order chi connectivity index (χ1) is 16.8. The second-order valence-electron chi connectivity index (χ2n) is 7.39. The van der Waals surface area contributed by atoms with Gasteiger partial charge in [0.25, 0.3) is 0 Å². The molecule has 0 aliphatic rings. The van der Waals surface area contributed by atoms with Gasteiger partial charge in [-0.15, -0.1) is 11.3 Å². The van der Waals surface area contributed by atoms with Crippen LogP contribution in [-0.4, -0.2) is 32.9 Å². The molecule has 15 heteroatoms. The summed E-state index contributed by atoms with van der Waals surface area (Å²) in [6, 6.07) is 6.17. The number of benzene rings is 1. The molecule has 4 aromatic rings. The molecule has 1 atom stereocenters. The highest BCUT2D eigenvalue weighted by Crippen LogP contribution is 2.40. The molecule has 0 fully saturated rings. The van der Waals surface area contributed by atoms with E-state index in [1.54, 1.807) is 0 Å². The normalized spacial score (nSPS) is 13.2. The molecule has 1 unspecified atom stereocenters. The molecule has 1 aromatic carbocycles. The van der Waals surface area contributed by atoms with E-state index in [1.807, 2.05) is 0 Å². The number of hydrogen-bond acceptors (Lipinski definition) is 7. The van der Waals surface area contributed by atoms with E-state index >= 15 is 0 Å². The summed E-state index contributed by atoms with van der Waals surface area (Å²) in [5.74, 6) is -0.794. The Morgan fingerprint density at radius 1 is 1.17 bits per heavy atom. The number of hydrogen-bond donors (Lipinski definition) is 1. The Hall–Kier alpha value is -3.23. The zero-order chi connectivity index (χ0) is 26.3. The minimum atomic E-state index is -4.64. The second-order valence-corrected chi connectivity index (χ2v) is 8.83. The van der Waals surface area contributed by atoms with Crippen LogP contribution in [0.25, 0.3) is 22.0 Å². The lowest BCUT2D eigenvalue weighted by atomic mass is 10.0. The summed E-state index contributed by atoms with van der Waals surface area (Å²) in [5, 5.41) is 3.82. The Balaban J connectivity index is 1.72. The smallest absolute Gasteiger partial charge is 0.358 e. The molecule has 0 amide bonds. The summed E-state index contributed by atoms with van der Waals surface area (Å²) in [5.41, 5.74) is -0.0289. The molecule has 0 radical (unpaired) electrons. The van der Waals surface area contributed by atoms with E-state index in [-0.39, 0.29) is 37.4 Å². The zero-order valence-electron chi connectivity index (χ0n) is 17.9. The third-order valence-electron chi connectivity index (χ3n) is 4.78. The molecule has 3 aromatic heterocycles. The number of aryl methyl sites for hydroxylation is 1. The zero-order valence-corrected chi connectivity index (χ0v) is 19.4. The summed E-state index contributed by atoms with van der Waals surface area (Å²) < 4.78 is 87.1. The van der Waals surface area contributed by atoms with Gasteiger partial charge in [0.1, 0.15) is 23.4 Å². The van der Waals surface area contributed by atoms with Crippen LogP contribution >= 0.6 is 22.9 Å². The van der Waals surface area contributed by atoms with E-state index in [2.05, 4.69) is 24.6 Å². The molecular weight excluding hydrogens is 538 g/mol. The molecule has 0 aliphatic carbocycles. The molecule has 4 rings (SSSR count). The van der Waals surface area contributed by atoms with E-state index in [1.165, 1.54) is 31.2 Å². The standard InChI is InChI=1S/C21H13ClF6N4O3S/c1-9-16(36-18(30-9)11-3-5-14(29-7-11)21(26,27)28)15(34-8-20(23,24)25)10-2-4-12(13(22)6-10)17-31-19(33)35-32-17/h2-7,15H,8H2,1H3,(H,31,32,33). The van der Waals surface area contributed by atoms with Gasteiger partial charge in [-0.25, -0.2) is 9.78 Å². The number of aromatic nitrogens is 4. The van der Waals surface area contributed by atoms with Crippen molar-refractivity contribution in [2.24, 2.45) is 0 Å². The van der Waals surface area contributed by atoms with Gasteiger partial charge in [0.15, 0.2) is 5.82 Å². The van der Waals surface area contributed by atoms with Crippen LogP contribution in [0.3, 0.4) is 0 Å². The van der Waals surface area contributed by atoms with Crippen LogP contribution in [0, 0.1) is 6.92 Å². The molecular formula is C21H13ClF6N4O3S. The third kappa shape index (κ3) is 5.77. The van der Waals surface area contributed by atoms with Crippen LogP contribution in [0.5, 0.6) is 0 Å². The van der Waals surface area contributed by atoms with Gasteiger partial charge in [0, 0.05) is 17.3 Å². The van der Waals surface area contributed by atoms with Crippen LogP contribution in [0.1, 0.15) is 27.9 Å². The van der Waals surface area contributed by atoms with Gasteiger partial charge >= 0.3 is 18.1 Å². The topological polar surface area (TPSA) is 93.9 Å². The summed E-state index contributed by atoms with van der Waals surface area (Å²) >= 11 is 7.24. The first-order valence-electron chi connectivity index (χ1n) is 9.87. The van der Waals surface area contributed by atoms with Crippen molar-refractivity contribution in [2.45, 2.75) is 25.4 Å². The number of alkyl halides is 6. The minimum absolute atomic E-state index is 0.0235. The first kappa shape index (κ1) is 25.9. The number of aromatic amines is 1. The number of nitrogens with zero attached hydrogens (tertiary/aromatic N) is 3. The molecule has 0 spiro atoms. The van der Waals surface area contributed by atoms with Crippen molar-refractivity contribution >= 4 is 22.9 Å². The van der Waals surface area contributed by atoms with Gasteiger partial charge in [-0.3, -0.25) is 14.5 Å². The molecule has 0 saturated heterocycles. The lowest BCUT2D eigenvalue weighted by Gasteiger charge is -2.19. The lowest BCUT2D eigenvalue weighted by Crippen LogP contribution is -2.20. The molecule has 36 heavy (non-hydrogen) atoms. The van der Waals surface area contributed by atoms with E-state index in [0.29, 0.717) is 5.69 Å². The van der Waals surface area contributed by atoms with Gasteiger partial charge in [0.05, 0.1) is 15.6 Å². The van der Waals surface area contributed by atoms with E-state index in [9.17, 15) is 31.1 Å². The second kappa shape index (κ2) is 9.67. The Morgan fingerprint density at radius 2 is 1.92 bits per heavy atom. The van der Waals surface area contributed by atoms with Crippen molar-refractivity contribution < 1.29 is 35.6 Å². The number of nitrogens with one attached hydrogen (secondary N) is 1. The van der Waals surface area contributed by atoms with Crippen LogP contribution in [0.2, 0.25) is 5.02 Å². The SMILES string of the molecule is Cc1nc(-c2ccc(C(F)(F)F)nc2)sc1C(OCC(F)(F)F)c1ccc(-c2noc(=O)[nH]2)c(Cl)c1. The predicted octanol–water partition coefficient (Wildman–Crippen LogP) is 6.20. The monoisotopic (exact) mass is 550 g/mol. The minimum Gasteiger partial charge on any atom is -0.358 e. The average molecular weight is 551 g/mol. The van der Waals surface area contributed by atoms with Crippen molar-refractivity contribution in [1.29, 1.82) is 0 Å². The van der Waals surface area contributed by atoms with Crippen molar-refractivity contribution in [3.8, 4) is 22.0 Å². The Labute approximate surface area is 206 Å². The fourth-order valence-electron chi connectivity index (χ4n) is 3.20. The first-order valence-corrected chi connectivity index (χ1v) is 11.1. The lowest BCUT2D eigenvalue weighted by molar-refractivity contribution is -0.181. The third-order valence-corrected chi connectivity index (χ3v) is 6.34. The van der Waals surface area contributed by atoms with Gasteiger partial charge in [-0.2, -0.15) is 26.3 Å². The summed E-state index contributed by atoms with van der Waals surface area (Å²) in [4.78, 5) is 21.5. The molecule has 190 valence electrons. The molecule has 3 heterocycles. The van der Waals surface area contributed by atoms with Gasteiger partial charge < -0.3 is 4.74 Å². The highest BCUT2D eigenvalue weighted by Gasteiger charge is 2.33. The highest BCUT2D eigenvalue weighted by molar-refractivity contribution is 7.15. The van der Waals surface area contributed by atoms with Crippen molar-refractivity contribution in [1.82, 2.24) is 20.1 Å². The van der Waals surface area contributed by atoms with Gasteiger partial charge in [-0.05, 0) is 36.8 Å². The van der Waals surface area contributed by atoms with Crippen LogP contribution in [0.15, 0.2) is 45.8 Å². The predicted molar refractivity (Wildman–Crippen MR) is 117 cm³/mol. The Morgan fingerprint density at radius 3 is 2.47 bits per heavy atom. The molecule has 0 saturated carbocycles. The Bertz CT molecular complexity index is 1430. The molecule has 1 N–H and O–H groups in total. The largest absolute Gasteiger partial charge is 0.439 e. The van der Waals surface area contributed by atoms with Crippen molar-refractivity contribution in [3.63, 3.8) is 0 Å². The number of halogens is 7. The molecule has 0 aliphatic heterocycles. The van der Waals surface area contributed by atoms with Gasteiger partial charge in [-0.1, -0.05) is 22.8 Å². The summed E-state index contributed by atoms with van der Waals surface area (Å²) in [6.07, 6.45) is -9.53. The fourth-order valence-corrected chi connectivity index (χ4v) is 4.61. The molecule has 7 nitrogen and oxygen atoms in total. The summed E-state index contributed by atoms with van der Waals surface area (Å²) in [7, 11) is 0. The van der Waals surface area contributed by atoms with Crippen molar-refractivity contribution in [3.05, 3.63) is 73.9 Å². The fraction of sp³-hybridized carbons (Fsp3) is 0.238. The maximum atomic E-state index is 13.0. The van der Waals surface area contributed by atoms with Crippen LogP contribution in [0.4, 0.5) is 26.3 Å². The maximum absolute atomic E-state index is 13.0. The van der Waals surface area contributed by atoms with E-state index in [4.69, 9.17) is 16.3 Å². The average Bonchev–Trinajstić information content (AvgIpc) is 3.38. The van der Waals surface area contributed by atoms with Gasteiger partial charge in [0.2, 0.25) is 0 Å². The highest BCUT2D eigenvalue weighted by atomic mass is 35.5. The molecule has 0 bridgehead atoms. The maximum Gasteiger partial charge on any atom is 0.439 e. The number of H-pyrrole nitrogens is 1. The Kier molecular flexibility index (Phi) is 6.94. The number of ether oxygens (including phenoxy) is 1. The number of pyridine rings is 1. The van der Waals surface area contributed by atoms with E-state index < -0.39 is 36.5 Å². The quantitative estimate of drug-likeness (QED) is 0.287. The number of rotatable bonds is 6. The van der Waals surface area contributed by atoms with E-state index in [0.717, 1.165) is 23.6 Å². The van der Waals surface area contributed by atoms with Crippen LogP contribution < -0.4 is 5.76 Å². The number of thiazole rings is 1. The summed E-state index contributed by atoms with van der Waals surface area (Å²) in [6.45, 7) is -0.0466. The van der Waals surface area contributed by atoms with Crippen LogP contribution in [-0.2, 0) is 10.9 Å². The van der Waals surface area contributed by atoms with Crippen molar-refractivity contribution in [2.75, 3.05) is 6.61 Å².